The average Bonchev–Trinajstić information content (AvgIpc) is 3.01. The number of benzene rings is 2. The number of hydrogen-bond donors (Lipinski definition) is 3. The summed E-state index contributed by atoms with van der Waals surface area (Å²) < 4.78 is 78.3. The van der Waals surface area contributed by atoms with Crippen molar-refractivity contribution in [1.82, 2.24) is 5.32 Å². The predicted molar refractivity (Wildman–Crippen MR) is 143 cm³/mol. The highest BCUT2D eigenvalue weighted by atomic mass is 19.4. The zero-order valence-corrected chi connectivity index (χ0v) is 22.5. The van der Waals surface area contributed by atoms with Gasteiger partial charge in [0.15, 0.2) is 0 Å². The van der Waals surface area contributed by atoms with E-state index in [4.69, 9.17) is 5.73 Å². The minimum Gasteiger partial charge on any atom is -0.382 e. The van der Waals surface area contributed by atoms with Gasteiger partial charge in [0, 0.05) is 48.9 Å². The van der Waals surface area contributed by atoms with Gasteiger partial charge in [-0.15, -0.1) is 0 Å². The van der Waals surface area contributed by atoms with E-state index in [2.05, 4.69) is 15.6 Å². The molecule has 0 saturated heterocycles. The molecule has 0 radical (unpaired) electrons. The summed E-state index contributed by atoms with van der Waals surface area (Å²) in [5.74, 6) is -7.02. The number of para-hydroxylation sites is 1. The van der Waals surface area contributed by atoms with Crippen LogP contribution in [0.2, 0.25) is 0 Å². The number of primary amides is 1. The molecule has 14 heteroatoms. The van der Waals surface area contributed by atoms with Crippen LogP contribution in [0.15, 0.2) is 47.5 Å². The zero-order valence-electron chi connectivity index (χ0n) is 22.5. The topological polar surface area (TPSA) is 117 Å². The summed E-state index contributed by atoms with van der Waals surface area (Å²) in [5.41, 5.74) is 8.75. The molecule has 2 aromatic carbocycles. The second-order valence-corrected chi connectivity index (χ2v) is 10.3. The lowest BCUT2D eigenvalue weighted by atomic mass is 9.83. The third kappa shape index (κ3) is 7.21. The Balaban J connectivity index is 1.75. The van der Waals surface area contributed by atoms with Crippen molar-refractivity contribution in [2.75, 3.05) is 23.3 Å². The molecule has 4 N–H and O–H groups in total. The van der Waals surface area contributed by atoms with Gasteiger partial charge in [0.25, 0.3) is 5.91 Å². The quantitative estimate of drug-likeness (QED) is 0.371. The van der Waals surface area contributed by atoms with Gasteiger partial charge in [0.05, 0.1) is 17.1 Å². The number of halogens is 6. The van der Waals surface area contributed by atoms with Gasteiger partial charge in [0.1, 0.15) is 0 Å². The van der Waals surface area contributed by atoms with E-state index < -0.39 is 73.8 Å². The van der Waals surface area contributed by atoms with Crippen molar-refractivity contribution in [1.29, 1.82) is 0 Å². The molecule has 2 aliphatic rings. The van der Waals surface area contributed by atoms with Crippen molar-refractivity contribution in [3.63, 3.8) is 0 Å². The molecule has 226 valence electrons. The van der Waals surface area contributed by atoms with Crippen LogP contribution < -0.4 is 21.3 Å². The Morgan fingerprint density at radius 3 is 2.31 bits per heavy atom. The first-order chi connectivity index (χ1) is 19.6. The van der Waals surface area contributed by atoms with Crippen LogP contribution in [0.4, 0.5) is 37.7 Å². The van der Waals surface area contributed by atoms with E-state index >= 15 is 0 Å². The van der Waals surface area contributed by atoms with Crippen LogP contribution >= 0.6 is 0 Å². The molecule has 42 heavy (non-hydrogen) atoms. The minimum atomic E-state index is -4.77. The Kier molecular flexibility index (Phi) is 8.83. The summed E-state index contributed by atoms with van der Waals surface area (Å²) in [4.78, 5) is 45.3. The van der Waals surface area contributed by atoms with E-state index in [1.807, 2.05) is 13.0 Å². The Morgan fingerprint density at radius 2 is 1.69 bits per heavy atom. The summed E-state index contributed by atoms with van der Waals surface area (Å²) in [6.07, 6.45) is -16.2. The van der Waals surface area contributed by atoms with Crippen LogP contribution in [0, 0.1) is 18.8 Å². The second kappa shape index (κ2) is 12.0. The highest BCUT2D eigenvalue weighted by Gasteiger charge is 2.42. The third-order valence-corrected chi connectivity index (χ3v) is 7.21. The van der Waals surface area contributed by atoms with Crippen LogP contribution in [0.1, 0.15) is 42.4 Å². The standard InChI is InChI=1S/C28H29F6N5O3/c1-15-4-2-5-16(14-15)21-19-6-3-7-20-22(19)39(13-12-36-20)26(42)24(37-21)38-25(41)18(9-11-28(32,33)34)17(23(35)40)8-10-27(29,30)31/h2-7,14,17-18,24,36H,8-13H2,1H3,(H2,35,40)(H,38,41)/t17-,18+,24+/m0/s1. The predicted octanol–water partition coefficient (Wildman–Crippen LogP) is 4.45. The molecular weight excluding hydrogens is 568 g/mol. The highest BCUT2D eigenvalue weighted by molar-refractivity contribution is 6.22. The lowest BCUT2D eigenvalue weighted by Gasteiger charge is -2.32. The molecule has 2 aliphatic heterocycles. The number of alkyl halides is 6. The molecule has 4 rings (SSSR count). The van der Waals surface area contributed by atoms with Gasteiger partial charge in [-0.1, -0.05) is 35.9 Å². The molecule has 0 aliphatic carbocycles. The molecule has 2 aromatic rings. The fourth-order valence-electron chi connectivity index (χ4n) is 5.26. The Bertz CT molecular complexity index is 1390. The number of amides is 3. The van der Waals surface area contributed by atoms with Gasteiger partial charge >= 0.3 is 12.4 Å². The molecule has 0 bridgehead atoms. The first kappa shape index (κ1) is 30.8. The van der Waals surface area contributed by atoms with Crippen LogP contribution in [-0.2, 0) is 14.4 Å². The van der Waals surface area contributed by atoms with Crippen LogP contribution in [0.5, 0.6) is 0 Å². The minimum absolute atomic E-state index is 0.179. The molecule has 2 heterocycles. The maximum atomic E-state index is 13.8. The van der Waals surface area contributed by atoms with E-state index in [0.29, 0.717) is 34.8 Å². The summed E-state index contributed by atoms with van der Waals surface area (Å²) in [7, 11) is 0. The SMILES string of the molecule is Cc1cccc(C2=N[C@H](NC(=O)[C@H](CCC(F)(F)F)[C@H](CCC(F)(F)F)C(N)=O)C(=O)N3CCNc4cccc2c43)c1. The number of aliphatic imine (C=N–C) groups is 1. The fourth-order valence-corrected chi connectivity index (χ4v) is 5.26. The molecule has 3 amide bonds. The van der Waals surface area contributed by atoms with Crippen molar-refractivity contribution in [2.45, 2.75) is 51.1 Å². The number of nitrogens with one attached hydrogen (secondary N) is 2. The number of carbonyl (C=O) groups is 3. The van der Waals surface area contributed by atoms with E-state index in [1.54, 1.807) is 36.4 Å². The maximum Gasteiger partial charge on any atom is 0.389 e. The van der Waals surface area contributed by atoms with Crippen molar-refractivity contribution in [3.8, 4) is 0 Å². The van der Waals surface area contributed by atoms with Gasteiger partial charge in [-0.25, -0.2) is 4.99 Å². The normalized spacial score (nSPS) is 18.3. The van der Waals surface area contributed by atoms with Crippen molar-refractivity contribution in [3.05, 3.63) is 59.2 Å². The molecule has 0 aromatic heterocycles. The number of hydrogen-bond acceptors (Lipinski definition) is 5. The summed E-state index contributed by atoms with van der Waals surface area (Å²) in [6, 6.07) is 12.4. The van der Waals surface area contributed by atoms with Crippen LogP contribution in [0.3, 0.4) is 0 Å². The smallest absolute Gasteiger partial charge is 0.382 e. The number of nitrogens with two attached hydrogens (primary N) is 1. The van der Waals surface area contributed by atoms with Gasteiger partial charge in [-0.3, -0.25) is 14.4 Å². The average molecular weight is 598 g/mol. The van der Waals surface area contributed by atoms with Gasteiger partial charge in [0.2, 0.25) is 18.0 Å². The van der Waals surface area contributed by atoms with Crippen molar-refractivity contribution >= 4 is 34.8 Å². The van der Waals surface area contributed by atoms with E-state index in [1.165, 1.54) is 4.90 Å². The van der Waals surface area contributed by atoms with E-state index in [-0.39, 0.29) is 6.54 Å². The molecule has 0 fully saturated rings. The zero-order chi connectivity index (χ0) is 30.8. The van der Waals surface area contributed by atoms with E-state index in [9.17, 15) is 40.7 Å². The Labute approximate surface area is 237 Å². The second-order valence-electron chi connectivity index (χ2n) is 10.3. The van der Waals surface area contributed by atoms with Crippen molar-refractivity contribution < 1.29 is 40.7 Å². The molecule has 8 nitrogen and oxygen atoms in total. The summed E-state index contributed by atoms with van der Waals surface area (Å²) in [6.45, 7) is 2.38. The van der Waals surface area contributed by atoms with Gasteiger partial charge in [-0.2, -0.15) is 26.3 Å². The number of rotatable bonds is 9. The first-order valence-corrected chi connectivity index (χ1v) is 13.2. The lowest BCUT2D eigenvalue weighted by molar-refractivity contribution is -0.152. The van der Waals surface area contributed by atoms with Crippen molar-refractivity contribution in [2.24, 2.45) is 22.6 Å². The monoisotopic (exact) mass is 597 g/mol. The molecule has 0 spiro atoms. The molecule has 0 unspecified atom stereocenters. The third-order valence-electron chi connectivity index (χ3n) is 7.21. The first-order valence-electron chi connectivity index (χ1n) is 13.2. The Hall–Kier alpha value is -4.10. The molecular formula is C28H29F6N5O3. The van der Waals surface area contributed by atoms with Gasteiger partial charge in [-0.05, 0) is 31.9 Å². The Morgan fingerprint density at radius 1 is 1.05 bits per heavy atom. The molecule has 3 atom stereocenters. The maximum absolute atomic E-state index is 13.8. The number of aryl methyl sites for hydroxylation is 1. The summed E-state index contributed by atoms with van der Waals surface area (Å²) >= 11 is 0. The highest BCUT2D eigenvalue weighted by Crippen LogP contribution is 2.37. The summed E-state index contributed by atoms with van der Waals surface area (Å²) in [5, 5.41) is 5.55. The largest absolute Gasteiger partial charge is 0.389 e. The van der Waals surface area contributed by atoms with Gasteiger partial charge < -0.3 is 21.3 Å². The number of carbonyl (C=O) groups excluding carboxylic acids is 3. The van der Waals surface area contributed by atoms with Crippen LogP contribution in [0.25, 0.3) is 0 Å². The fraction of sp³-hybridized carbons (Fsp3) is 0.429. The number of nitrogens with zero attached hydrogens (tertiary/aromatic N) is 2. The molecule has 0 saturated carbocycles. The number of anilines is 2. The lowest BCUT2D eigenvalue weighted by Crippen LogP contribution is -2.52. The van der Waals surface area contributed by atoms with E-state index in [0.717, 1.165) is 5.56 Å². The van der Waals surface area contributed by atoms with Crippen LogP contribution in [-0.4, -0.2) is 55.0 Å².